The maximum Gasteiger partial charge on any atom is 0.321 e. The Morgan fingerprint density at radius 1 is 1.14 bits per heavy atom. The number of amides is 3. The molecular weight excluding hydrogens is 371 g/mol. The van der Waals surface area contributed by atoms with Crippen LogP contribution in [0.15, 0.2) is 48.5 Å². The molecule has 2 aliphatic heterocycles. The van der Waals surface area contributed by atoms with Crippen LogP contribution in [0, 0.1) is 12.7 Å². The van der Waals surface area contributed by atoms with E-state index in [-0.39, 0.29) is 29.8 Å². The van der Waals surface area contributed by atoms with Gasteiger partial charge < -0.3 is 15.1 Å². The first-order valence-corrected chi connectivity index (χ1v) is 9.76. The maximum atomic E-state index is 13.7. The second-order valence-electron chi connectivity index (χ2n) is 8.01. The number of rotatable bonds is 2. The highest BCUT2D eigenvalue weighted by atomic mass is 19.1. The van der Waals surface area contributed by atoms with Crippen molar-refractivity contribution in [1.29, 1.82) is 0 Å². The van der Waals surface area contributed by atoms with Crippen molar-refractivity contribution in [3.05, 3.63) is 59.9 Å². The lowest BCUT2D eigenvalue weighted by molar-refractivity contribution is -0.123. The van der Waals surface area contributed by atoms with Crippen molar-refractivity contribution in [1.82, 2.24) is 9.80 Å². The molecule has 4 rings (SSSR count). The Labute approximate surface area is 169 Å². The maximum absolute atomic E-state index is 13.7. The summed E-state index contributed by atoms with van der Waals surface area (Å²) in [6.07, 6.45) is 0.754. The van der Waals surface area contributed by atoms with Gasteiger partial charge in [0.1, 0.15) is 5.82 Å². The van der Waals surface area contributed by atoms with Crippen LogP contribution in [0.2, 0.25) is 0 Å². The standard InChI is InChI=1S/C22H25FN4O2/c1-16-5-3-7-18(11-16)24-21(29)26-10-9-22(14-26)15-27(20(28)13-25(22)2)19-8-4-6-17(23)12-19/h3-8,11-12H,9-10,13-15H2,1-2H3,(H,24,29). The Bertz CT molecular complexity index is 950. The van der Waals surface area contributed by atoms with Gasteiger partial charge in [0.25, 0.3) is 0 Å². The van der Waals surface area contributed by atoms with E-state index in [0.717, 1.165) is 17.7 Å². The van der Waals surface area contributed by atoms with Crippen LogP contribution in [-0.2, 0) is 4.79 Å². The number of nitrogens with one attached hydrogen (secondary N) is 1. The summed E-state index contributed by atoms with van der Waals surface area (Å²) in [7, 11) is 1.92. The highest BCUT2D eigenvalue weighted by Crippen LogP contribution is 2.33. The van der Waals surface area contributed by atoms with Crippen LogP contribution in [0.4, 0.5) is 20.6 Å². The van der Waals surface area contributed by atoms with Crippen LogP contribution in [-0.4, -0.2) is 60.5 Å². The van der Waals surface area contributed by atoms with Crippen LogP contribution in [0.3, 0.4) is 0 Å². The predicted molar refractivity (Wildman–Crippen MR) is 111 cm³/mol. The van der Waals surface area contributed by atoms with Crippen LogP contribution >= 0.6 is 0 Å². The first-order valence-electron chi connectivity index (χ1n) is 9.76. The van der Waals surface area contributed by atoms with Gasteiger partial charge in [-0.25, -0.2) is 9.18 Å². The normalized spacial score (nSPS) is 22.4. The number of hydrogen-bond acceptors (Lipinski definition) is 3. The molecule has 0 aliphatic carbocycles. The van der Waals surface area contributed by atoms with Gasteiger partial charge in [-0.2, -0.15) is 0 Å². The molecule has 2 aliphatic rings. The summed E-state index contributed by atoms with van der Waals surface area (Å²) in [5.74, 6) is -0.430. The van der Waals surface area contributed by atoms with Gasteiger partial charge in [0.05, 0.1) is 12.1 Å². The molecule has 1 atom stereocenters. The molecule has 0 aromatic heterocycles. The van der Waals surface area contributed by atoms with Gasteiger partial charge in [0, 0.05) is 31.0 Å². The molecule has 1 spiro atoms. The first kappa shape index (κ1) is 19.4. The second-order valence-corrected chi connectivity index (χ2v) is 8.01. The van der Waals surface area contributed by atoms with Crippen molar-refractivity contribution in [3.8, 4) is 0 Å². The Hall–Kier alpha value is -2.93. The first-order chi connectivity index (χ1) is 13.9. The Balaban J connectivity index is 1.50. The van der Waals surface area contributed by atoms with E-state index in [1.54, 1.807) is 21.9 Å². The molecule has 3 amide bonds. The third kappa shape index (κ3) is 3.82. The minimum atomic E-state index is -0.367. The van der Waals surface area contributed by atoms with Gasteiger partial charge >= 0.3 is 6.03 Å². The number of likely N-dealkylation sites (N-methyl/N-ethyl adjacent to an activating group) is 1. The summed E-state index contributed by atoms with van der Waals surface area (Å²) in [6.45, 7) is 3.77. The smallest absolute Gasteiger partial charge is 0.321 e. The summed E-state index contributed by atoms with van der Waals surface area (Å²) < 4.78 is 13.7. The number of piperazine rings is 1. The summed E-state index contributed by atoms with van der Waals surface area (Å²) >= 11 is 0. The summed E-state index contributed by atoms with van der Waals surface area (Å²) in [4.78, 5) is 30.9. The lowest BCUT2D eigenvalue weighted by Crippen LogP contribution is -2.64. The Kier molecular flexibility index (Phi) is 5.00. The van der Waals surface area contributed by atoms with Crippen molar-refractivity contribution in [3.63, 3.8) is 0 Å². The molecule has 2 fully saturated rings. The molecule has 1 N–H and O–H groups in total. The minimum Gasteiger partial charge on any atom is -0.323 e. The van der Waals surface area contributed by atoms with Crippen LogP contribution in [0.5, 0.6) is 0 Å². The third-order valence-corrected chi connectivity index (χ3v) is 5.94. The number of anilines is 2. The average Bonchev–Trinajstić information content (AvgIpc) is 3.10. The molecule has 2 heterocycles. The molecule has 7 heteroatoms. The second kappa shape index (κ2) is 7.48. The molecule has 2 aromatic carbocycles. The van der Waals surface area contributed by atoms with E-state index in [1.165, 1.54) is 12.1 Å². The molecule has 2 aromatic rings. The third-order valence-electron chi connectivity index (χ3n) is 5.94. The number of nitrogens with zero attached hydrogens (tertiary/aromatic N) is 3. The fourth-order valence-corrected chi connectivity index (χ4v) is 4.23. The predicted octanol–water partition coefficient (Wildman–Crippen LogP) is 3.09. The van der Waals surface area contributed by atoms with Crippen LogP contribution in [0.1, 0.15) is 12.0 Å². The molecule has 29 heavy (non-hydrogen) atoms. The SMILES string of the molecule is Cc1cccc(NC(=O)N2CCC3(C2)CN(c2cccc(F)c2)C(=O)CN3C)c1. The molecule has 1 unspecified atom stereocenters. The summed E-state index contributed by atoms with van der Waals surface area (Å²) in [5.41, 5.74) is 2.07. The van der Waals surface area contributed by atoms with Crippen molar-refractivity contribution in [2.24, 2.45) is 0 Å². The van der Waals surface area contributed by atoms with Gasteiger partial charge in [0.2, 0.25) is 5.91 Å². The van der Waals surface area contributed by atoms with Gasteiger partial charge in [-0.05, 0) is 56.3 Å². The molecule has 6 nitrogen and oxygen atoms in total. The zero-order valence-electron chi connectivity index (χ0n) is 16.7. The van der Waals surface area contributed by atoms with Crippen molar-refractivity contribution in [2.75, 3.05) is 43.4 Å². The van der Waals surface area contributed by atoms with E-state index in [4.69, 9.17) is 0 Å². The van der Waals surface area contributed by atoms with Crippen LogP contribution < -0.4 is 10.2 Å². The van der Waals surface area contributed by atoms with Crippen molar-refractivity contribution < 1.29 is 14.0 Å². The number of halogens is 1. The molecule has 0 saturated carbocycles. The van der Waals surface area contributed by atoms with Gasteiger partial charge in [-0.1, -0.05) is 18.2 Å². The number of hydrogen-bond donors (Lipinski definition) is 1. The Morgan fingerprint density at radius 2 is 1.93 bits per heavy atom. The number of urea groups is 1. The molecule has 0 radical (unpaired) electrons. The Morgan fingerprint density at radius 3 is 2.69 bits per heavy atom. The summed E-state index contributed by atoms with van der Waals surface area (Å²) in [6, 6.07) is 13.7. The van der Waals surface area contributed by atoms with Crippen LogP contribution in [0.25, 0.3) is 0 Å². The number of aryl methyl sites for hydroxylation is 1. The molecule has 0 bridgehead atoms. The minimum absolute atomic E-state index is 0.0635. The van der Waals surface area contributed by atoms with E-state index >= 15 is 0 Å². The zero-order valence-corrected chi connectivity index (χ0v) is 16.7. The van der Waals surface area contributed by atoms with E-state index in [0.29, 0.717) is 25.3 Å². The fraction of sp³-hybridized carbons (Fsp3) is 0.364. The quantitative estimate of drug-likeness (QED) is 0.849. The topological polar surface area (TPSA) is 55.9 Å². The van der Waals surface area contributed by atoms with Crippen molar-refractivity contribution in [2.45, 2.75) is 18.9 Å². The summed E-state index contributed by atoms with van der Waals surface area (Å²) in [5, 5.41) is 2.96. The largest absolute Gasteiger partial charge is 0.323 e. The fourth-order valence-electron chi connectivity index (χ4n) is 4.23. The molecule has 2 saturated heterocycles. The zero-order chi connectivity index (χ0) is 20.6. The van der Waals surface area contributed by atoms with Gasteiger partial charge in [-0.15, -0.1) is 0 Å². The highest BCUT2D eigenvalue weighted by molar-refractivity contribution is 5.96. The van der Waals surface area contributed by atoms with E-state index in [9.17, 15) is 14.0 Å². The lowest BCUT2D eigenvalue weighted by atomic mass is 9.92. The van der Waals surface area contributed by atoms with Gasteiger partial charge in [-0.3, -0.25) is 9.69 Å². The van der Waals surface area contributed by atoms with Gasteiger partial charge in [0.15, 0.2) is 0 Å². The van der Waals surface area contributed by atoms with Crippen molar-refractivity contribution >= 4 is 23.3 Å². The molecular formula is C22H25FN4O2. The van der Waals surface area contributed by atoms with E-state index < -0.39 is 0 Å². The molecule has 152 valence electrons. The van der Waals surface area contributed by atoms with E-state index in [1.807, 2.05) is 43.1 Å². The van der Waals surface area contributed by atoms with E-state index in [2.05, 4.69) is 5.32 Å². The highest BCUT2D eigenvalue weighted by Gasteiger charge is 2.48. The number of benzene rings is 2. The average molecular weight is 396 g/mol. The number of carbonyl (C=O) groups excluding carboxylic acids is 2. The number of carbonyl (C=O) groups is 2. The number of likely N-dealkylation sites (tertiary alicyclic amines) is 1. The monoisotopic (exact) mass is 396 g/mol. The lowest BCUT2D eigenvalue weighted by Gasteiger charge is -2.46.